The van der Waals surface area contributed by atoms with Gasteiger partial charge in [0.1, 0.15) is 11.4 Å². The van der Waals surface area contributed by atoms with Crippen molar-refractivity contribution in [1.29, 1.82) is 0 Å². The van der Waals surface area contributed by atoms with Gasteiger partial charge in [-0.3, -0.25) is 4.79 Å². The molecule has 0 saturated carbocycles. The van der Waals surface area contributed by atoms with Gasteiger partial charge in [0.05, 0.1) is 6.61 Å². The Balaban J connectivity index is 2.61. The lowest BCUT2D eigenvalue weighted by molar-refractivity contribution is -0.111. The minimum Gasteiger partial charge on any atom is -0.462 e. The van der Waals surface area contributed by atoms with Crippen LogP contribution in [0.2, 0.25) is 0 Å². The SMILES string of the molecule is CCOC(=O)c1c(N)[nH]c2cc(C(C(C)=O)=C(C)N)ccc12. The molecule has 1 aromatic carbocycles. The number of anilines is 1. The minimum absolute atomic E-state index is 0.121. The fourth-order valence-electron chi connectivity index (χ4n) is 2.51. The molecule has 1 aromatic heterocycles. The maximum Gasteiger partial charge on any atom is 0.342 e. The first-order valence-corrected chi connectivity index (χ1v) is 6.92. The Bertz CT molecular complexity index is 783. The highest BCUT2D eigenvalue weighted by atomic mass is 16.5. The van der Waals surface area contributed by atoms with E-state index in [1.54, 1.807) is 32.0 Å². The standard InChI is InChI=1S/C16H19N3O3/c1-4-22-16(21)14-11-6-5-10(7-12(11)19-15(14)18)13(8(2)17)9(3)20/h5-7,19H,4,17-18H2,1-3H3. The van der Waals surface area contributed by atoms with E-state index in [-0.39, 0.29) is 18.2 Å². The van der Waals surface area contributed by atoms with E-state index in [1.807, 2.05) is 0 Å². The van der Waals surface area contributed by atoms with Gasteiger partial charge in [-0.2, -0.15) is 0 Å². The third-order valence-corrected chi connectivity index (χ3v) is 3.34. The molecule has 6 nitrogen and oxygen atoms in total. The summed E-state index contributed by atoms with van der Waals surface area (Å²) in [6.45, 7) is 5.14. The average molecular weight is 301 g/mol. The molecule has 0 fully saturated rings. The van der Waals surface area contributed by atoms with Gasteiger partial charge < -0.3 is 21.2 Å². The van der Waals surface area contributed by atoms with E-state index < -0.39 is 5.97 Å². The van der Waals surface area contributed by atoms with Crippen LogP contribution in [-0.2, 0) is 9.53 Å². The molecule has 0 aliphatic heterocycles. The zero-order chi connectivity index (χ0) is 16.4. The normalized spacial score (nSPS) is 12.1. The number of aromatic nitrogens is 1. The van der Waals surface area contributed by atoms with Crippen LogP contribution in [0.15, 0.2) is 23.9 Å². The summed E-state index contributed by atoms with van der Waals surface area (Å²) >= 11 is 0. The smallest absolute Gasteiger partial charge is 0.342 e. The van der Waals surface area contributed by atoms with Crippen molar-refractivity contribution in [3.8, 4) is 0 Å². The maximum absolute atomic E-state index is 12.0. The van der Waals surface area contributed by atoms with Crippen LogP contribution < -0.4 is 11.5 Å². The highest BCUT2D eigenvalue weighted by Crippen LogP contribution is 2.29. The highest BCUT2D eigenvalue weighted by Gasteiger charge is 2.19. The Kier molecular flexibility index (Phi) is 4.21. The summed E-state index contributed by atoms with van der Waals surface area (Å²) in [5.41, 5.74) is 14.2. The molecular formula is C16H19N3O3. The fourth-order valence-corrected chi connectivity index (χ4v) is 2.51. The Hall–Kier alpha value is -2.76. The van der Waals surface area contributed by atoms with Crippen molar-refractivity contribution in [2.24, 2.45) is 5.73 Å². The Labute approximate surface area is 128 Å². The van der Waals surface area contributed by atoms with Gasteiger partial charge in [-0.25, -0.2) is 4.79 Å². The van der Waals surface area contributed by atoms with E-state index >= 15 is 0 Å². The van der Waals surface area contributed by atoms with Crippen LogP contribution in [0.1, 0.15) is 36.7 Å². The largest absolute Gasteiger partial charge is 0.462 e. The molecule has 2 rings (SSSR count). The number of carbonyl (C=O) groups is 2. The number of Topliss-reactive ketones (excluding diaryl/α,β-unsaturated/α-hetero) is 1. The van der Waals surface area contributed by atoms with E-state index in [1.165, 1.54) is 6.92 Å². The molecule has 1 heterocycles. The predicted molar refractivity (Wildman–Crippen MR) is 86.1 cm³/mol. The number of nitrogen functional groups attached to an aromatic ring is 1. The zero-order valence-electron chi connectivity index (χ0n) is 12.8. The summed E-state index contributed by atoms with van der Waals surface area (Å²) < 4.78 is 5.01. The number of ether oxygens (including phenoxy) is 1. The van der Waals surface area contributed by atoms with E-state index in [0.29, 0.717) is 33.3 Å². The number of hydrogen-bond donors (Lipinski definition) is 3. The van der Waals surface area contributed by atoms with Gasteiger partial charge in [0.2, 0.25) is 0 Å². The number of nitrogens with one attached hydrogen (secondary N) is 1. The first-order valence-electron chi connectivity index (χ1n) is 6.92. The van der Waals surface area contributed by atoms with Crippen LogP contribution in [0.25, 0.3) is 16.5 Å². The van der Waals surface area contributed by atoms with Gasteiger partial charge in [0.25, 0.3) is 0 Å². The molecule has 0 unspecified atom stereocenters. The second-order valence-corrected chi connectivity index (χ2v) is 5.01. The molecule has 116 valence electrons. The molecule has 0 aliphatic carbocycles. The monoisotopic (exact) mass is 301 g/mol. The third kappa shape index (κ3) is 2.67. The number of aromatic amines is 1. The summed E-state index contributed by atoms with van der Waals surface area (Å²) in [5, 5.41) is 0.650. The lowest BCUT2D eigenvalue weighted by atomic mass is 9.99. The van der Waals surface area contributed by atoms with E-state index in [0.717, 1.165) is 0 Å². The topological polar surface area (TPSA) is 111 Å². The number of nitrogens with two attached hydrogens (primary N) is 2. The Morgan fingerprint density at radius 2 is 1.95 bits per heavy atom. The molecule has 22 heavy (non-hydrogen) atoms. The van der Waals surface area contributed by atoms with Crippen LogP contribution in [0, 0.1) is 0 Å². The summed E-state index contributed by atoms with van der Waals surface area (Å²) in [6, 6.07) is 5.22. The average Bonchev–Trinajstić information content (AvgIpc) is 2.73. The molecule has 0 amide bonds. The van der Waals surface area contributed by atoms with E-state index in [9.17, 15) is 9.59 Å². The van der Waals surface area contributed by atoms with Gasteiger partial charge in [-0.15, -0.1) is 0 Å². The Morgan fingerprint density at radius 3 is 2.50 bits per heavy atom. The van der Waals surface area contributed by atoms with Crippen LogP contribution in [-0.4, -0.2) is 23.3 Å². The quantitative estimate of drug-likeness (QED) is 0.592. The van der Waals surface area contributed by atoms with Crippen molar-refractivity contribution < 1.29 is 14.3 Å². The Morgan fingerprint density at radius 1 is 1.27 bits per heavy atom. The van der Waals surface area contributed by atoms with Gasteiger partial charge in [0.15, 0.2) is 5.78 Å². The second-order valence-electron chi connectivity index (χ2n) is 5.01. The predicted octanol–water partition coefficient (Wildman–Crippen LogP) is 2.21. The highest BCUT2D eigenvalue weighted by molar-refractivity contribution is 6.21. The fraction of sp³-hybridized carbons (Fsp3) is 0.250. The molecule has 5 N–H and O–H groups in total. The van der Waals surface area contributed by atoms with Crippen LogP contribution in [0.5, 0.6) is 0 Å². The first-order chi connectivity index (χ1) is 10.4. The van der Waals surface area contributed by atoms with Crippen molar-refractivity contribution >= 4 is 34.0 Å². The molecule has 0 aliphatic rings. The number of H-pyrrole nitrogens is 1. The number of allylic oxidation sites excluding steroid dienone is 2. The second kappa shape index (κ2) is 5.93. The van der Waals surface area contributed by atoms with Crippen LogP contribution >= 0.6 is 0 Å². The lowest BCUT2D eigenvalue weighted by Gasteiger charge is -2.07. The number of carbonyl (C=O) groups excluding carboxylic acids is 2. The summed E-state index contributed by atoms with van der Waals surface area (Å²) in [7, 11) is 0. The minimum atomic E-state index is -0.476. The molecule has 0 spiro atoms. The van der Waals surface area contributed by atoms with Crippen molar-refractivity contribution in [1.82, 2.24) is 4.98 Å². The van der Waals surface area contributed by atoms with E-state index in [2.05, 4.69) is 4.98 Å². The van der Waals surface area contributed by atoms with Crippen molar-refractivity contribution in [3.63, 3.8) is 0 Å². The van der Waals surface area contributed by atoms with Crippen molar-refractivity contribution in [3.05, 3.63) is 35.0 Å². The molecule has 0 radical (unpaired) electrons. The van der Waals surface area contributed by atoms with Crippen molar-refractivity contribution in [2.75, 3.05) is 12.3 Å². The third-order valence-electron chi connectivity index (χ3n) is 3.34. The number of esters is 1. The first kappa shape index (κ1) is 15.6. The zero-order valence-corrected chi connectivity index (χ0v) is 12.8. The summed E-state index contributed by atoms with van der Waals surface area (Å²) in [5.74, 6) is -0.357. The molecule has 2 aromatic rings. The number of fused-ring (bicyclic) bond motifs is 1. The van der Waals surface area contributed by atoms with Crippen molar-refractivity contribution in [2.45, 2.75) is 20.8 Å². The number of rotatable bonds is 4. The number of benzene rings is 1. The van der Waals surface area contributed by atoms with Gasteiger partial charge in [0, 0.05) is 22.2 Å². The van der Waals surface area contributed by atoms with Crippen LogP contribution in [0.3, 0.4) is 0 Å². The molecule has 0 bridgehead atoms. The number of ketones is 1. The van der Waals surface area contributed by atoms with Crippen LogP contribution in [0.4, 0.5) is 5.82 Å². The van der Waals surface area contributed by atoms with Gasteiger partial charge in [-0.05, 0) is 32.4 Å². The molecule has 0 atom stereocenters. The summed E-state index contributed by atoms with van der Waals surface area (Å²) in [6.07, 6.45) is 0. The van der Waals surface area contributed by atoms with Gasteiger partial charge >= 0.3 is 5.97 Å². The molecule has 0 saturated heterocycles. The lowest BCUT2D eigenvalue weighted by Crippen LogP contribution is -2.07. The number of hydrogen-bond acceptors (Lipinski definition) is 5. The van der Waals surface area contributed by atoms with Gasteiger partial charge in [-0.1, -0.05) is 12.1 Å². The molecule has 6 heteroatoms. The van der Waals surface area contributed by atoms with E-state index in [4.69, 9.17) is 16.2 Å². The molecular weight excluding hydrogens is 282 g/mol. The summed E-state index contributed by atoms with van der Waals surface area (Å²) in [4.78, 5) is 26.7. The maximum atomic E-state index is 12.0.